The number of hydrogen-bond acceptors (Lipinski definition) is 5. The normalized spacial score (nSPS) is 10.3. The monoisotopic (exact) mass is 246 g/mol. The predicted molar refractivity (Wildman–Crippen MR) is 64.5 cm³/mol. The molecule has 0 aliphatic heterocycles. The predicted octanol–water partition coefficient (Wildman–Crippen LogP) is 1.40. The Morgan fingerprint density at radius 2 is 2.17 bits per heavy atom. The first kappa shape index (κ1) is 12.2. The van der Waals surface area contributed by atoms with Gasteiger partial charge in [0.2, 0.25) is 0 Å². The van der Waals surface area contributed by atoms with E-state index in [2.05, 4.69) is 26.6 Å². The average Bonchev–Trinajstić information content (AvgIpc) is 2.87. The van der Waals surface area contributed by atoms with Crippen molar-refractivity contribution in [3.05, 3.63) is 36.3 Å². The molecular weight excluding hydrogens is 232 g/mol. The van der Waals surface area contributed by atoms with Gasteiger partial charge >= 0.3 is 5.97 Å². The number of aryl methyl sites for hydroxylation is 1. The largest absolute Gasteiger partial charge is 0.464 e. The van der Waals surface area contributed by atoms with E-state index in [1.54, 1.807) is 6.20 Å². The van der Waals surface area contributed by atoms with Crippen molar-refractivity contribution in [2.24, 2.45) is 0 Å². The SMILES string of the molecule is CCCc1nccn1-c1cnc(C(=O)OC)cn1. The van der Waals surface area contributed by atoms with E-state index in [1.165, 1.54) is 19.5 Å². The molecule has 0 fully saturated rings. The third-order valence-corrected chi connectivity index (χ3v) is 2.47. The Labute approximate surface area is 105 Å². The van der Waals surface area contributed by atoms with Gasteiger partial charge in [0, 0.05) is 18.8 Å². The molecule has 0 saturated heterocycles. The topological polar surface area (TPSA) is 69.9 Å². The fourth-order valence-corrected chi connectivity index (χ4v) is 1.61. The van der Waals surface area contributed by atoms with Crippen LogP contribution in [0.15, 0.2) is 24.8 Å². The van der Waals surface area contributed by atoms with Gasteiger partial charge in [-0.1, -0.05) is 6.92 Å². The first-order chi connectivity index (χ1) is 8.76. The van der Waals surface area contributed by atoms with Gasteiger partial charge in [0.25, 0.3) is 0 Å². The van der Waals surface area contributed by atoms with Gasteiger partial charge in [-0.15, -0.1) is 0 Å². The van der Waals surface area contributed by atoms with Crippen molar-refractivity contribution in [2.75, 3.05) is 7.11 Å². The van der Waals surface area contributed by atoms with E-state index in [1.807, 2.05) is 10.8 Å². The third-order valence-electron chi connectivity index (χ3n) is 2.47. The molecule has 94 valence electrons. The van der Waals surface area contributed by atoms with Gasteiger partial charge in [-0.2, -0.15) is 0 Å². The number of hydrogen-bond donors (Lipinski definition) is 0. The summed E-state index contributed by atoms with van der Waals surface area (Å²) in [6.45, 7) is 2.09. The van der Waals surface area contributed by atoms with E-state index in [4.69, 9.17) is 0 Å². The number of carbonyl (C=O) groups is 1. The molecule has 2 aromatic heterocycles. The second kappa shape index (κ2) is 5.39. The van der Waals surface area contributed by atoms with Crippen molar-refractivity contribution in [3.63, 3.8) is 0 Å². The van der Waals surface area contributed by atoms with Crippen molar-refractivity contribution in [1.29, 1.82) is 0 Å². The quantitative estimate of drug-likeness (QED) is 0.763. The molecule has 0 amide bonds. The first-order valence-corrected chi connectivity index (χ1v) is 5.69. The second-order valence-electron chi connectivity index (χ2n) is 3.71. The van der Waals surface area contributed by atoms with Crippen LogP contribution in [0.5, 0.6) is 0 Å². The number of rotatable bonds is 4. The van der Waals surface area contributed by atoms with Gasteiger partial charge < -0.3 is 4.74 Å². The molecule has 0 aromatic carbocycles. The number of aromatic nitrogens is 4. The number of methoxy groups -OCH3 is 1. The van der Waals surface area contributed by atoms with E-state index < -0.39 is 5.97 Å². The Morgan fingerprint density at radius 3 is 2.78 bits per heavy atom. The molecular formula is C12H14N4O2. The number of nitrogens with zero attached hydrogens (tertiary/aromatic N) is 4. The van der Waals surface area contributed by atoms with Gasteiger partial charge in [-0.25, -0.2) is 19.7 Å². The summed E-state index contributed by atoms with van der Waals surface area (Å²) in [6, 6.07) is 0. The highest BCUT2D eigenvalue weighted by Crippen LogP contribution is 2.09. The van der Waals surface area contributed by atoms with Crippen LogP contribution >= 0.6 is 0 Å². The zero-order chi connectivity index (χ0) is 13.0. The summed E-state index contributed by atoms with van der Waals surface area (Å²) in [5.74, 6) is 1.08. The minimum atomic E-state index is -0.492. The van der Waals surface area contributed by atoms with E-state index in [0.717, 1.165) is 18.7 Å². The summed E-state index contributed by atoms with van der Waals surface area (Å²) in [4.78, 5) is 23.7. The van der Waals surface area contributed by atoms with Crippen molar-refractivity contribution in [3.8, 4) is 5.82 Å². The summed E-state index contributed by atoms with van der Waals surface area (Å²) >= 11 is 0. The van der Waals surface area contributed by atoms with Crippen LogP contribution in [0.1, 0.15) is 29.7 Å². The Hall–Kier alpha value is -2.24. The molecule has 6 nitrogen and oxygen atoms in total. The van der Waals surface area contributed by atoms with Crippen molar-refractivity contribution < 1.29 is 9.53 Å². The molecule has 0 radical (unpaired) electrons. The minimum Gasteiger partial charge on any atom is -0.464 e. The molecule has 2 heterocycles. The smallest absolute Gasteiger partial charge is 0.358 e. The minimum absolute atomic E-state index is 0.193. The standard InChI is InChI=1S/C12H14N4O2/c1-3-4-10-13-5-6-16(10)11-8-14-9(7-15-11)12(17)18-2/h5-8H,3-4H2,1-2H3. The third kappa shape index (κ3) is 2.37. The second-order valence-corrected chi connectivity index (χ2v) is 3.71. The Morgan fingerprint density at radius 1 is 1.33 bits per heavy atom. The van der Waals surface area contributed by atoms with E-state index in [0.29, 0.717) is 5.82 Å². The molecule has 0 unspecified atom stereocenters. The molecule has 6 heteroatoms. The maximum Gasteiger partial charge on any atom is 0.358 e. The van der Waals surface area contributed by atoms with Crippen LogP contribution in [0.2, 0.25) is 0 Å². The maximum absolute atomic E-state index is 11.2. The summed E-state index contributed by atoms with van der Waals surface area (Å²) in [7, 11) is 1.31. The van der Waals surface area contributed by atoms with Gasteiger partial charge in [-0.05, 0) is 6.42 Å². The molecule has 0 aliphatic carbocycles. The first-order valence-electron chi connectivity index (χ1n) is 5.69. The van der Waals surface area contributed by atoms with Gasteiger partial charge in [-0.3, -0.25) is 4.57 Å². The van der Waals surface area contributed by atoms with E-state index in [-0.39, 0.29) is 5.69 Å². The lowest BCUT2D eigenvalue weighted by Crippen LogP contribution is -2.08. The van der Waals surface area contributed by atoms with Gasteiger partial charge in [0.1, 0.15) is 5.82 Å². The van der Waals surface area contributed by atoms with Crippen LogP contribution in [0.3, 0.4) is 0 Å². The number of carbonyl (C=O) groups excluding carboxylic acids is 1. The zero-order valence-corrected chi connectivity index (χ0v) is 10.3. The molecule has 0 saturated carbocycles. The highest BCUT2D eigenvalue weighted by molar-refractivity contribution is 5.86. The molecule has 0 spiro atoms. The van der Waals surface area contributed by atoms with E-state index in [9.17, 15) is 4.79 Å². The Balaban J connectivity index is 2.28. The number of ether oxygens (including phenoxy) is 1. The number of esters is 1. The number of imidazole rings is 1. The van der Waals surface area contributed by atoms with Crippen molar-refractivity contribution in [1.82, 2.24) is 19.5 Å². The maximum atomic E-state index is 11.2. The van der Waals surface area contributed by atoms with E-state index >= 15 is 0 Å². The summed E-state index contributed by atoms with van der Waals surface area (Å²) in [5, 5.41) is 0. The van der Waals surface area contributed by atoms with Gasteiger partial charge in [0.15, 0.2) is 11.5 Å². The van der Waals surface area contributed by atoms with Crippen LogP contribution in [0, 0.1) is 0 Å². The summed E-state index contributed by atoms with van der Waals surface area (Å²) < 4.78 is 6.43. The molecule has 0 bridgehead atoms. The summed E-state index contributed by atoms with van der Waals surface area (Å²) in [5.41, 5.74) is 0.193. The lowest BCUT2D eigenvalue weighted by atomic mass is 10.3. The molecule has 18 heavy (non-hydrogen) atoms. The van der Waals surface area contributed by atoms with Crippen molar-refractivity contribution in [2.45, 2.75) is 19.8 Å². The van der Waals surface area contributed by atoms with Crippen LogP contribution in [-0.2, 0) is 11.2 Å². The van der Waals surface area contributed by atoms with Crippen LogP contribution in [-0.4, -0.2) is 32.6 Å². The lowest BCUT2D eigenvalue weighted by molar-refractivity contribution is 0.0593. The van der Waals surface area contributed by atoms with Crippen molar-refractivity contribution >= 4 is 5.97 Å². The Bertz CT molecular complexity index is 533. The van der Waals surface area contributed by atoms with Crippen LogP contribution in [0.4, 0.5) is 0 Å². The molecule has 2 aromatic rings. The molecule has 2 rings (SSSR count). The molecule has 0 aliphatic rings. The van der Waals surface area contributed by atoms with Gasteiger partial charge in [0.05, 0.1) is 19.5 Å². The fraction of sp³-hybridized carbons (Fsp3) is 0.333. The zero-order valence-electron chi connectivity index (χ0n) is 10.3. The van der Waals surface area contributed by atoms with Crippen LogP contribution < -0.4 is 0 Å². The lowest BCUT2D eigenvalue weighted by Gasteiger charge is -2.06. The molecule has 0 N–H and O–H groups in total. The fourth-order valence-electron chi connectivity index (χ4n) is 1.61. The molecule has 0 atom stereocenters. The Kier molecular flexibility index (Phi) is 3.66. The highest BCUT2D eigenvalue weighted by Gasteiger charge is 2.09. The summed E-state index contributed by atoms with van der Waals surface area (Å²) in [6.07, 6.45) is 8.36. The average molecular weight is 246 g/mol. The highest BCUT2D eigenvalue weighted by atomic mass is 16.5. The van der Waals surface area contributed by atoms with Crippen LogP contribution in [0.25, 0.3) is 5.82 Å².